The van der Waals surface area contributed by atoms with Crippen molar-refractivity contribution in [2.45, 2.75) is 42.4 Å². The molecule has 3 aliphatic heterocycles. The molecule has 2 fully saturated rings. The lowest BCUT2D eigenvalue weighted by Gasteiger charge is -2.46. The van der Waals surface area contributed by atoms with Crippen molar-refractivity contribution < 1.29 is 48.5 Å². The van der Waals surface area contributed by atoms with Gasteiger partial charge in [0.05, 0.1) is 41.3 Å². The molecule has 15 heteroatoms. The van der Waals surface area contributed by atoms with Gasteiger partial charge in [-0.3, -0.25) is 29.4 Å². The Morgan fingerprint density at radius 2 is 1.41 bits per heavy atom. The van der Waals surface area contributed by atoms with Crippen LogP contribution in [0.15, 0.2) is 164 Å². The van der Waals surface area contributed by atoms with E-state index in [9.17, 15) is 25.1 Å². The third-order valence-electron chi connectivity index (χ3n) is 12.6. The number of nitrogens with one attached hydrogen (secondary N) is 1. The van der Waals surface area contributed by atoms with Gasteiger partial charge in [-0.15, -0.1) is 0 Å². The zero-order valence-electron chi connectivity index (χ0n) is 35.3. The number of ether oxygens (including phenoxy) is 3. The van der Waals surface area contributed by atoms with Crippen LogP contribution >= 0.6 is 0 Å². The van der Waals surface area contributed by atoms with Gasteiger partial charge in [0.2, 0.25) is 11.8 Å². The fourth-order valence-corrected chi connectivity index (χ4v) is 9.83. The van der Waals surface area contributed by atoms with Crippen LogP contribution in [0.25, 0.3) is 0 Å². The van der Waals surface area contributed by atoms with Crippen LogP contribution in [0, 0.1) is 16.0 Å². The summed E-state index contributed by atoms with van der Waals surface area (Å²) in [7, 11) is 0. The summed E-state index contributed by atoms with van der Waals surface area (Å²) in [6.45, 7) is -1.15. The molecule has 0 aliphatic carbocycles. The highest BCUT2D eigenvalue weighted by molar-refractivity contribution is 6.23. The van der Waals surface area contributed by atoms with Crippen molar-refractivity contribution in [1.82, 2.24) is 10.2 Å². The second-order valence-corrected chi connectivity index (χ2v) is 16.2. The predicted octanol–water partition coefficient (Wildman–Crippen LogP) is 6.82. The number of para-hydroxylation sites is 2. The van der Waals surface area contributed by atoms with Gasteiger partial charge in [0.1, 0.15) is 36.5 Å². The number of imide groups is 1. The van der Waals surface area contributed by atoms with Gasteiger partial charge in [-0.25, -0.2) is 9.69 Å². The Morgan fingerprint density at radius 1 is 0.788 bits per heavy atom. The van der Waals surface area contributed by atoms with E-state index in [1.165, 1.54) is 24.3 Å². The molecule has 3 N–H and O–H groups in total. The zero-order chi connectivity index (χ0) is 46.0. The Bertz CT molecular complexity index is 2760. The highest BCUT2D eigenvalue weighted by atomic mass is 16.6. The first-order valence-corrected chi connectivity index (χ1v) is 21.4. The van der Waals surface area contributed by atoms with E-state index in [2.05, 4.69) is 5.32 Å². The first-order chi connectivity index (χ1) is 32.1. The van der Waals surface area contributed by atoms with E-state index in [-0.39, 0.29) is 49.1 Å². The number of carbonyl (C=O) groups excluding carboxylic acids is 4. The number of hydrogen-bond acceptors (Lipinski definition) is 12. The molecule has 66 heavy (non-hydrogen) atoms. The summed E-state index contributed by atoms with van der Waals surface area (Å²) in [4.78, 5) is 75.1. The van der Waals surface area contributed by atoms with Gasteiger partial charge in [0.15, 0.2) is 0 Å². The fourth-order valence-electron chi connectivity index (χ4n) is 9.83. The maximum atomic E-state index is 16.2. The summed E-state index contributed by atoms with van der Waals surface area (Å²) >= 11 is 0. The number of amides is 3. The number of cyclic esters (lactones) is 1. The number of aliphatic hydroxyl groups is 2. The number of rotatable bonds is 13. The molecule has 0 radical (unpaired) electrons. The van der Waals surface area contributed by atoms with Gasteiger partial charge in [0, 0.05) is 24.2 Å². The van der Waals surface area contributed by atoms with Crippen LogP contribution < -0.4 is 15.0 Å². The first kappa shape index (κ1) is 43.5. The van der Waals surface area contributed by atoms with Gasteiger partial charge in [-0.05, 0) is 52.1 Å². The van der Waals surface area contributed by atoms with Gasteiger partial charge in [-0.1, -0.05) is 127 Å². The third kappa shape index (κ3) is 7.62. The van der Waals surface area contributed by atoms with Gasteiger partial charge >= 0.3 is 12.1 Å². The summed E-state index contributed by atoms with van der Waals surface area (Å²) < 4.78 is 18.5. The van der Waals surface area contributed by atoms with E-state index >= 15 is 14.4 Å². The summed E-state index contributed by atoms with van der Waals surface area (Å²) in [5.41, 5.74) is 0.687. The summed E-state index contributed by atoms with van der Waals surface area (Å²) in [5.74, 6) is -3.84. The largest absolute Gasteiger partial charge is 0.491 e. The van der Waals surface area contributed by atoms with Crippen molar-refractivity contribution in [2.75, 3.05) is 24.7 Å². The van der Waals surface area contributed by atoms with E-state index in [0.717, 1.165) is 4.90 Å². The molecular formula is C51H44N4O11. The van der Waals surface area contributed by atoms with Crippen LogP contribution in [0.4, 0.5) is 16.2 Å². The lowest BCUT2D eigenvalue weighted by molar-refractivity contribution is -0.384. The standard InChI is InChI=1S/C51H44N4O11/c56-28-29-64-41-23-13-10-20-37(41)46-51(38-21-11-12-22-39(38)53(49(51)60)50(61)65-31-32-24-26-36(27-25-32)55(62)63)42(47(58)52-30-40(57)33-14-4-1-5-15-33)44-48(59)66-45(35-18-8-3-9-19-35)43(54(44)46)34-16-6-2-7-17-34/h1-27,40,42-46,56-57H,28-31H2,(H,52,58). The topological polar surface area (TPSA) is 198 Å². The lowest BCUT2D eigenvalue weighted by Crippen LogP contribution is -2.56. The molecule has 7 unspecified atom stereocenters. The molecule has 1 spiro atoms. The highest BCUT2D eigenvalue weighted by Gasteiger charge is 2.76. The number of hydrogen-bond donors (Lipinski definition) is 3. The van der Waals surface area contributed by atoms with Crippen molar-refractivity contribution in [3.05, 3.63) is 207 Å². The molecule has 9 rings (SSSR count). The molecule has 6 aromatic carbocycles. The number of aliphatic hydroxyl groups excluding tert-OH is 2. The number of anilines is 1. The maximum absolute atomic E-state index is 16.2. The number of benzene rings is 6. The van der Waals surface area contributed by atoms with Gasteiger partial charge < -0.3 is 29.7 Å². The van der Waals surface area contributed by atoms with E-state index in [1.54, 1.807) is 78.9 Å². The van der Waals surface area contributed by atoms with Crippen LogP contribution in [0.2, 0.25) is 0 Å². The summed E-state index contributed by atoms with van der Waals surface area (Å²) in [5, 5.41) is 35.6. The van der Waals surface area contributed by atoms with E-state index in [0.29, 0.717) is 27.8 Å². The summed E-state index contributed by atoms with van der Waals surface area (Å²) in [6.07, 6.45) is -3.25. The van der Waals surface area contributed by atoms with Crippen LogP contribution in [0.5, 0.6) is 5.75 Å². The lowest BCUT2D eigenvalue weighted by atomic mass is 9.65. The minimum absolute atomic E-state index is 0.0983. The smallest absolute Gasteiger partial charge is 0.421 e. The van der Waals surface area contributed by atoms with E-state index in [4.69, 9.17) is 14.2 Å². The monoisotopic (exact) mass is 888 g/mol. The predicted molar refractivity (Wildman–Crippen MR) is 239 cm³/mol. The number of nitrogens with zero attached hydrogens (tertiary/aromatic N) is 3. The number of carbonyl (C=O) groups is 4. The molecular weight excluding hydrogens is 845 g/mol. The zero-order valence-corrected chi connectivity index (χ0v) is 35.3. The quantitative estimate of drug-likeness (QED) is 0.0623. The molecule has 15 nitrogen and oxygen atoms in total. The Kier molecular flexibility index (Phi) is 12.1. The van der Waals surface area contributed by atoms with Gasteiger partial charge in [0.25, 0.3) is 5.69 Å². The number of morpholine rings is 1. The average molecular weight is 889 g/mol. The van der Waals surface area contributed by atoms with Crippen molar-refractivity contribution in [3.63, 3.8) is 0 Å². The summed E-state index contributed by atoms with van der Waals surface area (Å²) in [6, 6.07) is 42.3. The Hall–Kier alpha value is -7.72. The molecule has 2 saturated heterocycles. The molecule has 6 aromatic rings. The Morgan fingerprint density at radius 3 is 2.09 bits per heavy atom. The normalized spacial score (nSPS) is 22.5. The van der Waals surface area contributed by atoms with Crippen LogP contribution in [-0.4, -0.2) is 69.7 Å². The Balaban J connectivity index is 1.27. The van der Waals surface area contributed by atoms with Crippen LogP contribution in [-0.2, 0) is 35.9 Å². The molecule has 0 bridgehead atoms. The first-order valence-electron chi connectivity index (χ1n) is 21.4. The number of esters is 1. The van der Waals surface area contributed by atoms with E-state index in [1.807, 2.05) is 65.6 Å². The van der Waals surface area contributed by atoms with Crippen LogP contribution in [0.1, 0.15) is 57.7 Å². The van der Waals surface area contributed by atoms with Crippen molar-refractivity contribution >= 4 is 35.3 Å². The van der Waals surface area contributed by atoms with Gasteiger partial charge in [-0.2, -0.15) is 0 Å². The molecule has 0 aromatic heterocycles. The van der Waals surface area contributed by atoms with E-state index < -0.39 is 70.5 Å². The average Bonchev–Trinajstić information content (AvgIpc) is 3.81. The minimum atomic E-state index is -2.12. The molecule has 0 saturated carbocycles. The molecule has 3 amide bonds. The van der Waals surface area contributed by atoms with Crippen molar-refractivity contribution in [1.29, 1.82) is 0 Å². The number of nitro benzene ring substituents is 1. The number of non-ortho nitro benzene ring substituents is 1. The number of fused-ring (bicyclic) bond motifs is 3. The molecule has 334 valence electrons. The van der Waals surface area contributed by atoms with Crippen LogP contribution in [0.3, 0.4) is 0 Å². The molecule has 3 aliphatic rings. The second kappa shape index (κ2) is 18.4. The van der Waals surface area contributed by atoms with Crippen molar-refractivity contribution in [2.24, 2.45) is 5.92 Å². The maximum Gasteiger partial charge on any atom is 0.421 e. The minimum Gasteiger partial charge on any atom is -0.491 e. The molecule has 7 atom stereocenters. The Labute approximate surface area is 378 Å². The molecule has 3 heterocycles. The second-order valence-electron chi connectivity index (χ2n) is 16.2. The third-order valence-corrected chi connectivity index (χ3v) is 12.6. The van der Waals surface area contributed by atoms with Crippen molar-refractivity contribution in [3.8, 4) is 5.75 Å². The number of nitro groups is 1. The SMILES string of the molecule is O=C1OC(c2ccccc2)C(c2ccccc2)N2C1C(C(=O)NCC(O)c1ccccc1)C1(C(=O)N(C(=O)OCc3ccc([N+](=O)[O-])cc3)c3ccccc31)C2c1ccccc1OCCO. The highest BCUT2D eigenvalue weighted by Crippen LogP contribution is 2.66. The fraction of sp³-hybridized carbons (Fsp3) is 0.216.